The van der Waals surface area contributed by atoms with Crippen molar-refractivity contribution in [3.05, 3.63) is 34.4 Å². The second kappa shape index (κ2) is 4.65. The number of rotatable bonds is 2. The second-order valence-electron chi connectivity index (χ2n) is 5.84. The maximum absolute atomic E-state index is 12.6. The van der Waals surface area contributed by atoms with Crippen LogP contribution in [0, 0.1) is 5.92 Å². The first-order valence-electron chi connectivity index (χ1n) is 7.02. The van der Waals surface area contributed by atoms with Gasteiger partial charge in [0.1, 0.15) is 0 Å². The summed E-state index contributed by atoms with van der Waals surface area (Å²) < 4.78 is 10.7. The fourth-order valence-electron chi connectivity index (χ4n) is 3.51. The van der Waals surface area contributed by atoms with Crippen molar-refractivity contribution in [2.45, 2.75) is 32.6 Å². The molecule has 1 aromatic rings. The van der Waals surface area contributed by atoms with Gasteiger partial charge < -0.3 is 9.47 Å². The van der Waals surface area contributed by atoms with E-state index < -0.39 is 0 Å². The topological polar surface area (TPSA) is 35.5 Å². The molecule has 106 valence electrons. The lowest BCUT2D eigenvalue weighted by Gasteiger charge is -2.27. The zero-order valence-corrected chi connectivity index (χ0v) is 12.4. The van der Waals surface area contributed by atoms with Gasteiger partial charge in [0, 0.05) is 11.5 Å². The van der Waals surface area contributed by atoms with Gasteiger partial charge in [-0.15, -0.1) is 0 Å². The summed E-state index contributed by atoms with van der Waals surface area (Å²) in [6.07, 6.45) is 1.86. The van der Waals surface area contributed by atoms with Crippen LogP contribution < -0.4 is 9.47 Å². The Morgan fingerprint density at radius 3 is 2.10 bits per heavy atom. The summed E-state index contributed by atoms with van der Waals surface area (Å²) in [4.78, 5) is 12.6. The van der Waals surface area contributed by atoms with Crippen molar-refractivity contribution in [2.24, 2.45) is 5.92 Å². The van der Waals surface area contributed by atoms with Gasteiger partial charge in [-0.05, 0) is 50.3 Å². The third-order valence-corrected chi connectivity index (χ3v) is 4.82. The molecule has 0 aromatic heterocycles. The van der Waals surface area contributed by atoms with Gasteiger partial charge in [0.15, 0.2) is 17.3 Å². The van der Waals surface area contributed by atoms with E-state index in [1.807, 2.05) is 12.1 Å². The molecule has 0 saturated carbocycles. The number of ketones is 1. The lowest BCUT2D eigenvalue weighted by Crippen LogP contribution is -2.19. The molecule has 0 N–H and O–H groups in total. The first-order chi connectivity index (χ1) is 9.56. The number of ether oxygens (including phenoxy) is 2. The van der Waals surface area contributed by atoms with Gasteiger partial charge in [0.05, 0.1) is 14.2 Å². The molecule has 0 fully saturated rings. The molecular weight excluding hydrogens is 252 g/mol. The van der Waals surface area contributed by atoms with Crippen LogP contribution in [-0.2, 0) is 0 Å². The lowest BCUT2D eigenvalue weighted by molar-refractivity contribution is 0.0918. The number of fused-ring (bicyclic) bond motifs is 3. The van der Waals surface area contributed by atoms with Gasteiger partial charge in [-0.3, -0.25) is 4.79 Å². The van der Waals surface area contributed by atoms with Crippen molar-refractivity contribution < 1.29 is 14.3 Å². The maximum Gasteiger partial charge on any atom is 0.167 e. The Hall–Kier alpha value is -1.77. The molecule has 1 aromatic carbocycles. The van der Waals surface area contributed by atoms with Crippen LogP contribution in [0.2, 0.25) is 0 Å². The van der Waals surface area contributed by atoms with Gasteiger partial charge in [-0.2, -0.15) is 0 Å². The number of carbonyl (C=O) groups excluding carboxylic acids is 1. The Morgan fingerprint density at radius 2 is 1.50 bits per heavy atom. The lowest BCUT2D eigenvalue weighted by atomic mass is 9.77. The van der Waals surface area contributed by atoms with Gasteiger partial charge in [0.2, 0.25) is 0 Å². The van der Waals surface area contributed by atoms with Crippen molar-refractivity contribution >= 4 is 5.78 Å². The highest BCUT2D eigenvalue weighted by Crippen LogP contribution is 2.50. The summed E-state index contributed by atoms with van der Waals surface area (Å²) in [5.41, 5.74) is 4.73. The Morgan fingerprint density at radius 1 is 0.950 bits per heavy atom. The molecule has 2 aliphatic rings. The van der Waals surface area contributed by atoms with Crippen molar-refractivity contribution in [1.29, 1.82) is 0 Å². The van der Waals surface area contributed by atoms with Crippen molar-refractivity contribution in [3.8, 4) is 11.5 Å². The van der Waals surface area contributed by atoms with E-state index in [9.17, 15) is 4.79 Å². The monoisotopic (exact) mass is 272 g/mol. The predicted octanol–water partition coefficient (Wildman–Crippen LogP) is 3.73. The summed E-state index contributed by atoms with van der Waals surface area (Å²) in [6, 6.07) is 3.84. The van der Waals surface area contributed by atoms with Crippen LogP contribution in [0.25, 0.3) is 0 Å². The van der Waals surface area contributed by atoms with E-state index in [1.54, 1.807) is 14.2 Å². The molecule has 0 heterocycles. The van der Waals surface area contributed by atoms with E-state index in [2.05, 4.69) is 13.8 Å². The first-order valence-corrected chi connectivity index (χ1v) is 7.02. The molecule has 0 amide bonds. The highest BCUT2D eigenvalue weighted by Gasteiger charge is 2.42. The maximum atomic E-state index is 12.6. The molecule has 3 nitrogen and oxygen atoms in total. The Balaban J connectivity index is 2.11. The Kier molecular flexibility index (Phi) is 3.08. The minimum Gasteiger partial charge on any atom is -0.493 e. The molecule has 0 aliphatic heterocycles. The molecule has 2 atom stereocenters. The van der Waals surface area contributed by atoms with E-state index >= 15 is 0 Å². The molecule has 3 heteroatoms. The standard InChI is InChI=1S/C17H20O3/c1-9-5-11-12-7-15(19-3)16(20-4)8-14(12)17(18)13(11)6-10(9)2/h7-8,11,13H,5-6H2,1-4H3/t11-,13-/m0/s1. The van der Waals surface area contributed by atoms with Gasteiger partial charge in [0.25, 0.3) is 0 Å². The van der Waals surface area contributed by atoms with Crippen LogP contribution in [-0.4, -0.2) is 20.0 Å². The third kappa shape index (κ3) is 1.76. The van der Waals surface area contributed by atoms with Gasteiger partial charge in [-0.25, -0.2) is 0 Å². The molecule has 2 aliphatic carbocycles. The van der Waals surface area contributed by atoms with Crippen molar-refractivity contribution in [1.82, 2.24) is 0 Å². The largest absolute Gasteiger partial charge is 0.493 e. The fraction of sp³-hybridized carbons (Fsp3) is 0.471. The average Bonchev–Trinajstić information content (AvgIpc) is 2.71. The van der Waals surface area contributed by atoms with Crippen molar-refractivity contribution in [3.63, 3.8) is 0 Å². The molecule has 20 heavy (non-hydrogen) atoms. The molecule has 0 saturated heterocycles. The van der Waals surface area contributed by atoms with Crippen LogP contribution in [0.4, 0.5) is 0 Å². The summed E-state index contributed by atoms with van der Waals surface area (Å²) in [6.45, 7) is 4.32. The van der Waals surface area contributed by atoms with Crippen LogP contribution in [0.3, 0.4) is 0 Å². The highest BCUT2D eigenvalue weighted by atomic mass is 16.5. The van der Waals surface area contributed by atoms with E-state index in [1.165, 1.54) is 11.1 Å². The number of hydrogen-bond acceptors (Lipinski definition) is 3. The quantitative estimate of drug-likeness (QED) is 0.769. The molecule has 3 rings (SSSR count). The highest BCUT2D eigenvalue weighted by molar-refractivity contribution is 6.04. The molecular formula is C17H20O3. The minimum atomic E-state index is 0.102. The molecule has 0 spiro atoms. The molecule has 0 bridgehead atoms. The van der Waals surface area contributed by atoms with E-state index in [-0.39, 0.29) is 11.7 Å². The SMILES string of the molecule is COc1cc2c(cc1OC)[C@@H]1CC(C)=C(C)C[C@@H]1C2=O. The van der Waals surface area contributed by atoms with Crippen LogP contribution in [0.15, 0.2) is 23.3 Å². The summed E-state index contributed by atoms with van der Waals surface area (Å²) in [5.74, 6) is 2.02. The number of allylic oxidation sites excluding steroid dienone is 2. The van der Waals surface area contributed by atoms with Gasteiger partial charge >= 0.3 is 0 Å². The first kappa shape index (κ1) is 13.2. The smallest absolute Gasteiger partial charge is 0.167 e. The fourth-order valence-corrected chi connectivity index (χ4v) is 3.51. The minimum absolute atomic E-state index is 0.102. The summed E-state index contributed by atoms with van der Waals surface area (Å²) in [5, 5.41) is 0. The molecule has 0 unspecified atom stereocenters. The van der Waals surface area contributed by atoms with E-state index in [4.69, 9.17) is 9.47 Å². The van der Waals surface area contributed by atoms with Crippen LogP contribution >= 0.6 is 0 Å². The summed E-state index contributed by atoms with van der Waals surface area (Å²) in [7, 11) is 3.24. The van der Waals surface area contributed by atoms with Gasteiger partial charge in [-0.1, -0.05) is 11.1 Å². The number of hydrogen-bond donors (Lipinski definition) is 0. The predicted molar refractivity (Wildman–Crippen MR) is 77.7 cm³/mol. The zero-order chi connectivity index (χ0) is 14.4. The van der Waals surface area contributed by atoms with Crippen LogP contribution in [0.1, 0.15) is 48.5 Å². The Bertz CT molecular complexity index is 613. The number of Topliss-reactive ketones (excluding diaryl/α,β-unsaturated/α-hetero) is 1. The number of benzene rings is 1. The molecule has 0 radical (unpaired) electrons. The average molecular weight is 272 g/mol. The Labute approximate surface area is 119 Å². The second-order valence-corrected chi connectivity index (χ2v) is 5.84. The van der Waals surface area contributed by atoms with Crippen LogP contribution in [0.5, 0.6) is 11.5 Å². The summed E-state index contributed by atoms with van der Waals surface area (Å²) >= 11 is 0. The zero-order valence-electron chi connectivity index (χ0n) is 12.4. The van der Waals surface area contributed by atoms with E-state index in [0.717, 1.165) is 24.0 Å². The van der Waals surface area contributed by atoms with Crippen molar-refractivity contribution in [2.75, 3.05) is 14.2 Å². The van der Waals surface area contributed by atoms with E-state index in [0.29, 0.717) is 17.4 Å². The number of methoxy groups -OCH3 is 2. The number of carbonyl (C=O) groups is 1. The third-order valence-electron chi connectivity index (χ3n) is 4.82. The normalized spacial score (nSPS) is 24.5.